The van der Waals surface area contributed by atoms with E-state index in [0.717, 1.165) is 22.9 Å². The number of halogens is 5. The Labute approximate surface area is 195 Å². The molecule has 0 saturated heterocycles. The Balaban J connectivity index is 1.89. The number of esters is 1. The summed E-state index contributed by atoms with van der Waals surface area (Å²) in [6, 6.07) is 12.8. The van der Waals surface area contributed by atoms with Crippen LogP contribution < -0.4 is 0 Å². The number of alkyl halides is 3. The molecule has 0 bridgehead atoms. The fraction of sp³-hybridized carbons (Fsp3) is 0.125. The molecule has 0 atom stereocenters. The standard InChI is InChI=1S/C24H15ClF4N2O3/c1-2-34-23(33)13-10-11-19(17(26)12-13)31-18-9-4-3-6-14(18)21(30-31)22(32)20-15(24(27,28)29)7-5-8-16(20)25/h3-12H,2H2,1H3. The van der Waals surface area contributed by atoms with Gasteiger partial charge in [-0.15, -0.1) is 0 Å². The maximum atomic E-state index is 15.0. The summed E-state index contributed by atoms with van der Waals surface area (Å²) >= 11 is 5.99. The first-order valence-corrected chi connectivity index (χ1v) is 10.4. The molecule has 10 heteroatoms. The minimum atomic E-state index is -4.83. The maximum Gasteiger partial charge on any atom is 0.417 e. The van der Waals surface area contributed by atoms with Crippen molar-refractivity contribution in [3.8, 4) is 5.69 Å². The van der Waals surface area contributed by atoms with Gasteiger partial charge >= 0.3 is 12.1 Å². The molecule has 1 aromatic heterocycles. The molecule has 0 spiro atoms. The molecule has 0 amide bonds. The van der Waals surface area contributed by atoms with Crippen molar-refractivity contribution < 1.29 is 31.9 Å². The lowest BCUT2D eigenvalue weighted by atomic mass is 9.99. The van der Waals surface area contributed by atoms with Gasteiger partial charge in [-0.3, -0.25) is 4.79 Å². The van der Waals surface area contributed by atoms with E-state index in [2.05, 4.69) is 5.10 Å². The van der Waals surface area contributed by atoms with E-state index in [1.165, 1.54) is 30.3 Å². The van der Waals surface area contributed by atoms with E-state index >= 15 is 0 Å². The summed E-state index contributed by atoms with van der Waals surface area (Å²) in [6.45, 7) is 1.72. The number of benzene rings is 3. The molecular formula is C24H15ClF4N2O3. The first-order chi connectivity index (χ1) is 16.1. The second kappa shape index (κ2) is 8.90. The van der Waals surface area contributed by atoms with E-state index in [1.807, 2.05) is 0 Å². The summed E-state index contributed by atoms with van der Waals surface area (Å²) in [6.07, 6.45) is -4.83. The molecule has 0 fully saturated rings. The Hall–Kier alpha value is -3.72. The number of carbonyl (C=O) groups is 2. The fourth-order valence-corrected chi connectivity index (χ4v) is 3.81. The Morgan fingerprint density at radius 1 is 1.06 bits per heavy atom. The smallest absolute Gasteiger partial charge is 0.417 e. The van der Waals surface area contributed by atoms with Crippen molar-refractivity contribution in [3.63, 3.8) is 0 Å². The van der Waals surface area contributed by atoms with Gasteiger partial charge in [0.25, 0.3) is 0 Å². The number of carbonyl (C=O) groups excluding carboxylic acids is 2. The van der Waals surface area contributed by atoms with Gasteiger partial charge in [0.15, 0.2) is 0 Å². The summed E-state index contributed by atoms with van der Waals surface area (Å²) in [4.78, 5) is 25.2. The average Bonchev–Trinajstić information content (AvgIpc) is 3.17. The fourth-order valence-electron chi connectivity index (χ4n) is 3.55. The molecule has 1 heterocycles. The highest BCUT2D eigenvalue weighted by atomic mass is 35.5. The highest BCUT2D eigenvalue weighted by molar-refractivity contribution is 6.35. The normalized spacial score (nSPS) is 11.6. The predicted octanol–water partition coefficient (Wildman–Crippen LogP) is 6.24. The number of fused-ring (bicyclic) bond motifs is 1. The molecule has 0 unspecified atom stereocenters. The van der Waals surface area contributed by atoms with E-state index in [4.69, 9.17) is 16.3 Å². The molecule has 0 aliphatic heterocycles. The van der Waals surface area contributed by atoms with Gasteiger partial charge in [0.2, 0.25) is 5.78 Å². The molecule has 3 aromatic carbocycles. The van der Waals surface area contributed by atoms with Crippen LogP contribution in [0.5, 0.6) is 0 Å². The highest BCUT2D eigenvalue weighted by Crippen LogP contribution is 2.37. The van der Waals surface area contributed by atoms with Crippen LogP contribution in [0.2, 0.25) is 5.02 Å². The van der Waals surface area contributed by atoms with Crippen LogP contribution in [0.25, 0.3) is 16.6 Å². The number of nitrogens with zero attached hydrogens (tertiary/aromatic N) is 2. The van der Waals surface area contributed by atoms with E-state index in [0.29, 0.717) is 0 Å². The van der Waals surface area contributed by atoms with E-state index in [-0.39, 0.29) is 39.5 Å². The summed E-state index contributed by atoms with van der Waals surface area (Å²) in [5.74, 6) is -2.62. The van der Waals surface area contributed by atoms with Crippen LogP contribution in [0.4, 0.5) is 17.6 Å². The van der Waals surface area contributed by atoms with Gasteiger partial charge in [-0.1, -0.05) is 35.9 Å². The largest absolute Gasteiger partial charge is 0.462 e. The minimum absolute atomic E-state index is 0.0262. The Kier molecular flexibility index (Phi) is 6.14. The Morgan fingerprint density at radius 3 is 2.47 bits per heavy atom. The van der Waals surface area contributed by atoms with Crippen molar-refractivity contribution in [2.24, 2.45) is 0 Å². The van der Waals surface area contributed by atoms with Crippen molar-refractivity contribution >= 4 is 34.3 Å². The van der Waals surface area contributed by atoms with Crippen molar-refractivity contribution in [2.75, 3.05) is 6.61 Å². The van der Waals surface area contributed by atoms with Crippen LogP contribution in [-0.4, -0.2) is 28.1 Å². The van der Waals surface area contributed by atoms with Crippen LogP contribution in [-0.2, 0) is 10.9 Å². The quantitative estimate of drug-likeness (QED) is 0.189. The zero-order valence-corrected chi connectivity index (χ0v) is 18.2. The Bertz CT molecular complexity index is 1430. The number of aromatic nitrogens is 2. The summed E-state index contributed by atoms with van der Waals surface area (Å²) in [7, 11) is 0. The summed E-state index contributed by atoms with van der Waals surface area (Å²) in [5.41, 5.74) is -2.14. The summed E-state index contributed by atoms with van der Waals surface area (Å²) < 4.78 is 61.6. The molecular weight excluding hydrogens is 476 g/mol. The molecule has 0 radical (unpaired) electrons. The number of ketones is 1. The minimum Gasteiger partial charge on any atom is -0.462 e. The number of para-hydroxylation sites is 1. The van der Waals surface area contributed by atoms with Gasteiger partial charge in [0.1, 0.15) is 17.2 Å². The molecule has 174 valence electrons. The summed E-state index contributed by atoms with van der Waals surface area (Å²) in [5, 5.41) is 3.97. The molecule has 0 N–H and O–H groups in total. The highest BCUT2D eigenvalue weighted by Gasteiger charge is 2.37. The molecule has 4 aromatic rings. The van der Waals surface area contributed by atoms with Gasteiger partial charge in [-0.05, 0) is 43.3 Å². The van der Waals surface area contributed by atoms with Crippen LogP contribution in [0, 0.1) is 5.82 Å². The SMILES string of the molecule is CCOC(=O)c1ccc(-n2nc(C(=O)c3c(Cl)cccc3C(F)(F)F)c3ccccc32)c(F)c1. The van der Waals surface area contributed by atoms with Crippen molar-refractivity contribution in [1.82, 2.24) is 9.78 Å². The second-order valence-electron chi connectivity index (χ2n) is 7.15. The molecule has 0 aliphatic carbocycles. The second-order valence-corrected chi connectivity index (χ2v) is 7.56. The van der Waals surface area contributed by atoms with Gasteiger partial charge in [-0.25, -0.2) is 13.9 Å². The zero-order chi connectivity index (χ0) is 24.6. The first kappa shape index (κ1) is 23.4. The molecule has 4 rings (SSSR count). The van der Waals surface area contributed by atoms with Crippen LogP contribution in [0.15, 0.2) is 60.7 Å². The van der Waals surface area contributed by atoms with Gasteiger partial charge < -0.3 is 4.74 Å². The number of ether oxygens (including phenoxy) is 1. The molecule has 0 saturated carbocycles. The monoisotopic (exact) mass is 490 g/mol. The van der Waals surface area contributed by atoms with Crippen LogP contribution in [0.1, 0.15) is 38.9 Å². The lowest BCUT2D eigenvalue weighted by molar-refractivity contribution is -0.137. The van der Waals surface area contributed by atoms with Crippen LogP contribution in [0.3, 0.4) is 0 Å². The lowest BCUT2D eigenvalue weighted by Gasteiger charge is -2.12. The molecule has 0 aliphatic rings. The van der Waals surface area contributed by atoms with Crippen molar-refractivity contribution in [2.45, 2.75) is 13.1 Å². The predicted molar refractivity (Wildman–Crippen MR) is 117 cm³/mol. The number of hydrogen-bond donors (Lipinski definition) is 0. The van der Waals surface area contributed by atoms with Gasteiger partial charge in [0, 0.05) is 5.39 Å². The number of hydrogen-bond acceptors (Lipinski definition) is 4. The van der Waals surface area contributed by atoms with Crippen molar-refractivity contribution in [3.05, 3.63) is 93.9 Å². The third-order valence-corrected chi connectivity index (χ3v) is 5.35. The maximum absolute atomic E-state index is 15.0. The van der Waals surface area contributed by atoms with E-state index < -0.39 is 34.9 Å². The van der Waals surface area contributed by atoms with Gasteiger partial charge in [0.05, 0.1) is 33.8 Å². The number of rotatable bonds is 5. The third-order valence-electron chi connectivity index (χ3n) is 5.04. The van der Waals surface area contributed by atoms with Crippen molar-refractivity contribution in [1.29, 1.82) is 0 Å². The molecule has 5 nitrogen and oxygen atoms in total. The van der Waals surface area contributed by atoms with E-state index in [1.54, 1.807) is 19.1 Å². The lowest BCUT2D eigenvalue weighted by Crippen LogP contribution is -2.15. The van der Waals surface area contributed by atoms with Gasteiger partial charge in [-0.2, -0.15) is 18.3 Å². The first-order valence-electron chi connectivity index (χ1n) is 9.98. The Morgan fingerprint density at radius 2 is 1.79 bits per heavy atom. The van der Waals surface area contributed by atoms with E-state index in [9.17, 15) is 27.2 Å². The molecule has 34 heavy (non-hydrogen) atoms. The average molecular weight is 491 g/mol. The van der Waals surface area contributed by atoms with Crippen LogP contribution >= 0.6 is 11.6 Å². The third kappa shape index (κ3) is 4.14. The zero-order valence-electron chi connectivity index (χ0n) is 17.5. The topological polar surface area (TPSA) is 61.2 Å².